The molecule has 1 aliphatic heterocycles. The van der Waals surface area contributed by atoms with Gasteiger partial charge in [0.15, 0.2) is 5.96 Å². The Morgan fingerprint density at radius 2 is 2.08 bits per heavy atom. The van der Waals surface area contributed by atoms with Gasteiger partial charge in [0.25, 0.3) is 0 Å². The summed E-state index contributed by atoms with van der Waals surface area (Å²) in [6, 6.07) is 8.93. The molecule has 2 rings (SSSR count). The zero-order valence-electron chi connectivity index (χ0n) is 16.1. The lowest BCUT2D eigenvalue weighted by Crippen LogP contribution is -2.42. The van der Waals surface area contributed by atoms with E-state index in [0.29, 0.717) is 18.4 Å². The third kappa shape index (κ3) is 5.48. The Labute approximate surface area is 152 Å². The Balaban J connectivity index is 1.82. The van der Waals surface area contributed by atoms with Gasteiger partial charge in [-0.15, -0.1) is 0 Å². The Bertz CT molecular complexity index is 582. The highest BCUT2D eigenvalue weighted by Crippen LogP contribution is 2.17. The molecule has 1 unspecified atom stereocenters. The first kappa shape index (κ1) is 19.3. The van der Waals surface area contributed by atoms with E-state index in [9.17, 15) is 4.79 Å². The Morgan fingerprint density at radius 3 is 2.64 bits per heavy atom. The van der Waals surface area contributed by atoms with Gasteiger partial charge in [-0.25, -0.2) is 0 Å². The van der Waals surface area contributed by atoms with E-state index in [2.05, 4.69) is 65.3 Å². The second-order valence-electron chi connectivity index (χ2n) is 6.86. The Kier molecular flexibility index (Phi) is 7.29. The predicted octanol–water partition coefficient (Wildman–Crippen LogP) is 2.79. The molecule has 0 radical (unpaired) electrons. The number of carbonyl (C=O) groups excluding carboxylic acids is 1. The average Bonchev–Trinajstić information content (AvgIpc) is 3.03. The topological polar surface area (TPSA) is 47.9 Å². The monoisotopic (exact) mass is 344 g/mol. The molecule has 0 bridgehead atoms. The molecular weight excluding hydrogens is 312 g/mol. The molecule has 1 saturated heterocycles. The maximum atomic E-state index is 11.9. The summed E-state index contributed by atoms with van der Waals surface area (Å²) in [6.45, 7) is 6.83. The number of benzene rings is 1. The molecule has 0 aromatic heterocycles. The molecule has 5 nitrogen and oxygen atoms in total. The number of amides is 1. The molecule has 25 heavy (non-hydrogen) atoms. The van der Waals surface area contributed by atoms with Gasteiger partial charge in [-0.2, -0.15) is 0 Å². The molecule has 1 fully saturated rings. The second kappa shape index (κ2) is 9.44. The van der Waals surface area contributed by atoms with Crippen molar-refractivity contribution in [3.63, 3.8) is 0 Å². The third-order valence-corrected chi connectivity index (χ3v) is 4.90. The summed E-state index contributed by atoms with van der Waals surface area (Å²) >= 11 is 0. The van der Waals surface area contributed by atoms with Gasteiger partial charge in [-0.05, 0) is 31.7 Å². The number of rotatable bonds is 7. The molecule has 1 aromatic carbocycles. The zero-order valence-corrected chi connectivity index (χ0v) is 16.1. The number of nitrogens with zero attached hydrogens (tertiary/aromatic N) is 3. The molecule has 5 heteroatoms. The summed E-state index contributed by atoms with van der Waals surface area (Å²) in [5, 5.41) is 3.44. The number of hydrogen-bond acceptors (Lipinski definition) is 2. The highest BCUT2D eigenvalue weighted by Gasteiger charge is 2.26. The number of guanidine groups is 1. The van der Waals surface area contributed by atoms with Crippen LogP contribution in [0.3, 0.4) is 0 Å². The van der Waals surface area contributed by atoms with Crippen molar-refractivity contribution >= 4 is 11.9 Å². The van der Waals surface area contributed by atoms with E-state index in [0.717, 1.165) is 44.9 Å². The first-order valence-corrected chi connectivity index (χ1v) is 9.32. The van der Waals surface area contributed by atoms with E-state index in [4.69, 9.17) is 0 Å². The number of aryl methyl sites for hydroxylation is 1. The van der Waals surface area contributed by atoms with Gasteiger partial charge in [-0.1, -0.05) is 36.8 Å². The van der Waals surface area contributed by atoms with Crippen LogP contribution in [-0.2, 0) is 11.3 Å². The van der Waals surface area contributed by atoms with Gasteiger partial charge < -0.3 is 15.1 Å². The third-order valence-electron chi connectivity index (χ3n) is 4.90. The summed E-state index contributed by atoms with van der Waals surface area (Å²) in [6.07, 6.45) is 3.68. The minimum atomic E-state index is 0.313. The van der Waals surface area contributed by atoms with Crippen LogP contribution in [0.2, 0.25) is 0 Å². The van der Waals surface area contributed by atoms with Gasteiger partial charge in [0.05, 0.1) is 0 Å². The zero-order chi connectivity index (χ0) is 18.2. The minimum Gasteiger partial charge on any atom is -0.356 e. The maximum Gasteiger partial charge on any atom is 0.222 e. The van der Waals surface area contributed by atoms with Crippen molar-refractivity contribution in [1.82, 2.24) is 15.1 Å². The number of nitrogens with one attached hydrogen (secondary N) is 1. The second-order valence-corrected chi connectivity index (χ2v) is 6.86. The molecule has 1 aromatic rings. The maximum absolute atomic E-state index is 11.9. The summed E-state index contributed by atoms with van der Waals surface area (Å²) in [5.41, 5.74) is 2.54. The molecule has 1 aliphatic rings. The van der Waals surface area contributed by atoms with E-state index in [-0.39, 0.29) is 0 Å². The smallest absolute Gasteiger partial charge is 0.222 e. The van der Waals surface area contributed by atoms with E-state index in [1.165, 1.54) is 11.1 Å². The van der Waals surface area contributed by atoms with Crippen LogP contribution >= 0.6 is 0 Å². The lowest BCUT2D eigenvalue weighted by Gasteiger charge is -2.28. The van der Waals surface area contributed by atoms with Gasteiger partial charge >= 0.3 is 0 Å². The van der Waals surface area contributed by atoms with Crippen molar-refractivity contribution in [3.8, 4) is 0 Å². The first-order chi connectivity index (χ1) is 12.0. The van der Waals surface area contributed by atoms with Crippen LogP contribution in [0, 0.1) is 6.92 Å². The van der Waals surface area contributed by atoms with Gasteiger partial charge in [0.1, 0.15) is 0 Å². The molecule has 1 heterocycles. The fourth-order valence-electron chi connectivity index (χ4n) is 3.41. The summed E-state index contributed by atoms with van der Waals surface area (Å²) in [4.78, 5) is 20.5. The molecule has 0 aliphatic carbocycles. The molecule has 1 atom stereocenters. The van der Waals surface area contributed by atoms with E-state index in [1.807, 2.05) is 7.05 Å². The van der Waals surface area contributed by atoms with Gasteiger partial charge in [-0.3, -0.25) is 9.79 Å². The van der Waals surface area contributed by atoms with Crippen molar-refractivity contribution in [2.75, 3.05) is 27.2 Å². The average molecular weight is 345 g/mol. The van der Waals surface area contributed by atoms with Crippen molar-refractivity contribution < 1.29 is 4.79 Å². The standard InChI is InChI=1S/C20H32N4O/c1-5-18(24-14-6-7-19(24)25)12-13-22-20(21-3)23(4)15-17-10-8-16(2)9-11-17/h8-11,18H,5-7,12-15H2,1-4H3,(H,21,22). The lowest BCUT2D eigenvalue weighted by atomic mass is 10.1. The van der Waals surface area contributed by atoms with Crippen LogP contribution < -0.4 is 5.32 Å². The lowest BCUT2D eigenvalue weighted by molar-refractivity contribution is -0.129. The van der Waals surface area contributed by atoms with E-state index in [1.54, 1.807) is 0 Å². The highest BCUT2D eigenvalue weighted by molar-refractivity contribution is 5.79. The van der Waals surface area contributed by atoms with Crippen LogP contribution in [0.25, 0.3) is 0 Å². The quantitative estimate of drug-likeness (QED) is 0.611. The summed E-state index contributed by atoms with van der Waals surface area (Å²) < 4.78 is 0. The highest BCUT2D eigenvalue weighted by atomic mass is 16.2. The summed E-state index contributed by atoms with van der Waals surface area (Å²) in [7, 11) is 3.87. The predicted molar refractivity (Wildman–Crippen MR) is 104 cm³/mol. The fourth-order valence-corrected chi connectivity index (χ4v) is 3.41. The molecule has 1 N–H and O–H groups in total. The summed E-state index contributed by atoms with van der Waals surface area (Å²) in [5.74, 6) is 1.20. The van der Waals surface area contributed by atoms with Crippen LogP contribution in [0.1, 0.15) is 43.7 Å². The molecule has 0 spiro atoms. The number of carbonyl (C=O) groups is 1. The van der Waals surface area contributed by atoms with E-state index < -0.39 is 0 Å². The van der Waals surface area contributed by atoms with Crippen LogP contribution in [-0.4, -0.2) is 54.9 Å². The minimum absolute atomic E-state index is 0.313. The Morgan fingerprint density at radius 1 is 1.36 bits per heavy atom. The normalized spacial score (nSPS) is 16.2. The van der Waals surface area contributed by atoms with Crippen molar-refractivity contribution in [1.29, 1.82) is 0 Å². The van der Waals surface area contributed by atoms with Gasteiger partial charge in [0.2, 0.25) is 5.91 Å². The number of likely N-dealkylation sites (tertiary alicyclic amines) is 1. The number of aliphatic imine (C=N–C) groups is 1. The molecular formula is C20H32N4O. The van der Waals surface area contributed by atoms with Crippen LogP contribution in [0.5, 0.6) is 0 Å². The largest absolute Gasteiger partial charge is 0.356 e. The first-order valence-electron chi connectivity index (χ1n) is 9.32. The van der Waals surface area contributed by atoms with Crippen LogP contribution in [0.15, 0.2) is 29.3 Å². The molecule has 138 valence electrons. The molecule has 0 saturated carbocycles. The van der Waals surface area contributed by atoms with Crippen molar-refractivity contribution in [3.05, 3.63) is 35.4 Å². The number of hydrogen-bond donors (Lipinski definition) is 1. The van der Waals surface area contributed by atoms with Crippen molar-refractivity contribution in [2.45, 2.75) is 52.1 Å². The van der Waals surface area contributed by atoms with Crippen molar-refractivity contribution in [2.24, 2.45) is 4.99 Å². The Hall–Kier alpha value is -2.04. The van der Waals surface area contributed by atoms with Gasteiger partial charge in [0, 0.05) is 46.2 Å². The fraction of sp³-hybridized carbons (Fsp3) is 0.600. The van der Waals surface area contributed by atoms with Crippen LogP contribution in [0.4, 0.5) is 0 Å². The SMILES string of the molecule is CCC(CCNC(=NC)N(C)Cc1ccc(C)cc1)N1CCCC1=O. The molecule has 1 amide bonds. The van der Waals surface area contributed by atoms with E-state index >= 15 is 0 Å².